The van der Waals surface area contributed by atoms with Crippen molar-refractivity contribution in [2.75, 3.05) is 0 Å². The fraction of sp³-hybridized carbons (Fsp3) is 0.0566. The second-order valence-electron chi connectivity index (χ2n) is 15.2. The highest BCUT2D eigenvalue weighted by Gasteiger charge is 2.36. The Labute approximate surface area is 309 Å². The molecule has 0 aliphatic heterocycles. The molecule has 0 heterocycles. The van der Waals surface area contributed by atoms with Crippen molar-refractivity contribution >= 4 is 53.9 Å². The average molecular weight is 673 g/mol. The Bertz CT molecular complexity index is 3080. The van der Waals surface area contributed by atoms with Crippen molar-refractivity contribution in [2.24, 2.45) is 0 Å². The third kappa shape index (κ3) is 4.36. The van der Waals surface area contributed by atoms with Gasteiger partial charge in [0.25, 0.3) is 0 Å². The Balaban J connectivity index is 1.14. The van der Waals surface area contributed by atoms with E-state index in [1.54, 1.807) is 0 Å². The van der Waals surface area contributed by atoms with Crippen LogP contribution in [0.4, 0.5) is 0 Å². The van der Waals surface area contributed by atoms with E-state index >= 15 is 0 Å². The fourth-order valence-corrected chi connectivity index (χ4v) is 9.51. The van der Waals surface area contributed by atoms with Crippen LogP contribution in [0.25, 0.3) is 98.4 Å². The minimum atomic E-state index is -0.0931. The van der Waals surface area contributed by atoms with Crippen LogP contribution in [0.5, 0.6) is 0 Å². The van der Waals surface area contributed by atoms with Gasteiger partial charge in [-0.25, -0.2) is 0 Å². The third-order valence-electron chi connectivity index (χ3n) is 12.0. The summed E-state index contributed by atoms with van der Waals surface area (Å²) < 4.78 is 0. The van der Waals surface area contributed by atoms with Gasteiger partial charge in [-0.15, -0.1) is 0 Å². The molecule has 0 bridgehead atoms. The molecular weight excluding hydrogens is 637 g/mol. The molecule has 0 N–H and O–H groups in total. The molecule has 10 aromatic rings. The van der Waals surface area contributed by atoms with Gasteiger partial charge >= 0.3 is 0 Å². The molecule has 0 unspecified atom stereocenters. The summed E-state index contributed by atoms with van der Waals surface area (Å²) in [5.74, 6) is 0. The van der Waals surface area contributed by atoms with E-state index in [1.807, 2.05) is 0 Å². The molecule has 10 aromatic carbocycles. The molecule has 0 nitrogen and oxygen atoms in total. The van der Waals surface area contributed by atoms with Crippen LogP contribution < -0.4 is 0 Å². The molecule has 0 saturated heterocycles. The van der Waals surface area contributed by atoms with Gasteiger partial charge in [0.15, 0.2) is 0 Å². The van der Waals surface area contributed by atoms with E-state index in [4.69, 9.17) is 0 Å². The highest BCUT2D eigenvalue weighted by molar-refractivity contribution is 6.25. The highest BCUT2D eigenvalue weighted by atomic mass is 14.4. The van der Waals surface area contributed by atoms with Crippen LogP contribution in [0.3, 0.4) is 0 Å². The molecule has 11 rings (SSSR count). The van der Waals surface area contributed by atoms with E-state index in [1.165, 1.54) is 109 Å². The lowest BCUT2D eigenvalue weighted by Crippen LogP contribution is -2.15. The first kappa shape index (κ1) is 30.2. The molecule has 0 heteroatoms. The monoisotopic (exact) mass is 672 g/mol. The molecule has 0 aromatic heterocycles. The van der Waals surface area contributed by atoms with Crippen LogP contribution in [-0.4, -0.2) is 0 Å². The first-order valence-corrected chi connectivity index (χ1v) is 18.7. The van der Waals surface area contributed by atoms with E-state index in [9.17, 15) is 0 Å². The van der Waals surface area contributed by atoms with E-state index in [0.717, 1.165) is 0 Å². The molecule has 1 aliphatic carbocycles. The SMILES string of the molecule is CC1(C)c2cc(-c3ccc(-c4c5ccccc5c(-c5cccc6ccccc56)c5ccccc45)c4ccccc34)ccc2-c2cc3ccccc3cc21. The lowest BCUT2D eigenvalue weighted by molar-refractivity contribution is 0.661. The zero-order valence-electron chi connectivity index (χ0n) is 29.8. The normalized spacial score (nSPS) is 13.2. The average Bonchev–Trinajstić information content (AvgIpc) is 3.43. The van der Waals surface area contributed by atoms with Crippen LogP contribution in [0, 0.1) is 0 Å². The van der Waals surface area contributed by atoms with Crippen molar-refractivity contribution in [1.29, 1.82) is 0 Å². The highest BCUT2D eigenvalue weighted by Crippen LogP contribution is 2.52. The number of benzene rings is 10. The molecule has 0 fully saturated rings. The summed E-state index contributed by atoms with van der Waals surface area (Å²) in [4.78, 5) is 0. The maximum Gasteiger partial charge on any atom is 0.0159 e. The van der Waals surface area contributed by atoms with Crippen molar-refractivity contribution in [2.45, 2.75) is 19.3 Å². The fourth-order valence-electron chi connectivity index (χ4n) is 9.51. The summed E-state index contributed by atoms with van der Waals surface area (Å²) in [6.07, 6.45) is 0. The van der Waals surface area contributed by atoms with Crippen LogP contribution in [0.2, 0.25) is 0 Å². The molecule has 0 atom stereocenters. The predicted octanol–water partition coefficient (Wildman–Crippen LogP) is 14.8. The molecular formula is C53H36. The van der Waals surface area contributed by atoms with Crippen LogP contribution >= 0.6 is 0 Å². The summed E-state index contributed by atoms with van der Waals surface area (Å²) in [5.41, 5.74) is 13.1. The van der Waals surface area contributed by atoms with E-state index in [2.05, 4.69) is 196 Å². The maximum absolute atomic E-state index is 2.46. The third-order valence-corrected chi connectivity index (χ3v) is 12.0. The van der Waals surface area contributed by atoms with Gasteiger partial charge in [-0.05, 0) is 128 Å². The summed E-state index contributed by atoms with van der Waals surface area (Å²) in [6.45, 7) is 4.77. The summed E-state index contributed by atoms with van der Waals surface area (Å²) in [5, 5.41) is 12.8. The van der Waals surface area contributed by atoms with Crippen molar-refractivity contribution in [3.8, 4) is 44.5 Å². The van der Waals surface area contributed by atoms with Crippen molar-refractivity contribution in [3.63, 3.8) is 0 Å². The molecule has 0 radical (unpaired) electrons. The number of rotatable bonds is 3. The lowest BCUT2D eigenvalue weighted by Gasteiger charge is -2.23. The minimum Gasteiger partial charge on any atom is -0.0616 e. The van der Waals surface area contributed by atoms with Crippen molar-refractivity contribution < 1.29 is 0 Å². The first-order chi connectivity index (χ1) is 26.1. The Morgan fingerprint density at radius 3 is 1.36 bits per heavy atom. The Hall–Kier alpha value is -6.50. The summed E-state index contributed by atoms with van der Waals surface area (Å²) in [6, 6.07) is 67.9. The number of hydrogen-bond acceptors (Lipinski definition) is 0. The quantitative estimate of drug-likeness (QED) is 0.164. The van der Waals surface area contributed by atoms with Crippen LogP contribution in [0.1, 0.15) is 25.0 Å². The summed E-state index contributed by atoms with van der Waals surface area (Å²) >= 11 is 0. The smallest absolute Gasteiger partial charge is 0.0159 e. The van der Waals surface area contributed by atoms with Crippen molar-refractivity contribution in [1.82, 2.24) is 0 Å². The largest absolute Gasteiger partial charge is 0.0616 e. The van der Waals surface area contributed by atoms with Gasteiger partial charge in [0.2, 0.25) is 0 Å². The Morgan fingerprint density at radius 2 is 0.717 bits per heavy atom. The lowest BCUT2D eigenvalue weighted by atomic mass is 9.80. The molecule has 0 amide bonds. The van der Waals surface area contributed by atoms with E-state index < -0.39 is 0 Å². The second-order valence-corrected chi connectivity index (χ2v) is 15.2. The first-order valence-electron chi connectivity index (χ1n) is 18.7. The molecule has 0 saturated carbocycles. The van der Waals surface area contributed by atoms with Gasteiger partial charge in [-0.1, -0.05) is 178 Å². The van der Waals surface area contributed by atoms with Gasteiger partial charge in [0.1, 0.15) is 0 Å². The van der Waals surface area contributed by atoms with Gasteiger partial charge in [-0.3, -0.25) is 0 Å². The van der Waals surface area contributed by atoms with Crippen LogP contribution in [-0.2, 0) is 5.41 Å². The van der Waals surface area contributed by atoms with E-state index in [0.29, 0.717) is 0 Å². The number of fused-ring (bicyclic) bond motifs is 8. The predicted molar refractivity (Wildman–Crippen MR) is 228 cm³/mol. The van der Waals surface area contributed by atoms with Gasteiger partial charge in [0.05, 0.1) is 0 Å². The maximum atomic E-state index is 2.46. The van der Waals surface area contributed by atoms with Gasteiger partial charge < -0.3 is 0 Å². The van der Waals surface area contributed by atoms with Gasteiger partial charge in [-0.2, -0.15) is 0 Å². The Morgan fingerprint density at radius 1 is 0.283 bits per heavy atom. The zero-order valence-corrected chi connectivity index (χ0v) is 29.8. The standard InChI is InChI=1S/C53H36/c1-53(2)49-32-36(26-27-41(49)48-30-34-15-3-4-16-35(34)31-50(48)53)38-28-29-47(40-20-8-7-19-39(38)40)52-45-23-11-9-21-43(45)51(44-22-10-12-24-46(44)52)42-25-13-17-33-14-5-6-18-37(33)42/h3-32H,1-2H3. The van der Waals surface area contributed by atoms with Crippen LogP contribution in [0.15, 0.2) is 182 Å². The Kier molecular flexibility index (Phi) is 6.40. The zero-order chi connectivity index (χ0) is 35.3. The van der Waals surface area contributed by atoms with Crippen molar-refractivity contribution in [3.05, 3.63) is 193 Å². The molecule has 1 aliphatic rings. The topological polar surface area (TPSA) is 0 Å². The number of hydrogen-bond donors (Lipinski definition) is 0. The second kappa shape index (κ2) is 11.2. The van der Waals surface area contributed by atoms with E-state index in [-0.39, 0.29) is 5.41 Å². The molecule has 53 heavy (non-hydrogen) atoms. The minimum absolute atomic E-state index is 0.0931. The van der Waals surface area contributed by atoms with Gasteiger partial charge in [0, 0.05) is 5.41 Å². The molecule has 248 valence electrons. The summed E-state index contributed by atoms with van der Waals surface area (Å²) in [7, 11) is 0. The molecule has 0 spiro atoms.